The Morgan fingerprint density at radius 2 is 1.90 bits per heavy atom. The lowest BCUT2D eigenvalue weighted by molar-refractivity contribution is -0.127. The van der Waals surface area contributed by atoms with Gasteiger partial charge in [0.15, 0.2) is 0 Å². The van der Waals surface area contributed by atoms with Crippen LogP contribution in [-0.2, 0) is 9.53 Å². The van der Waals surface area contributed by atoms with Crippen LogP contribution in [0.4, 0.5) is 0 Å². The first-order valence-corrected chi connectivity index (χ1v) is 10.0. The van der Waals surface area contributed by atoms with Gasteiger partial charge in [-0.2, -0.15) is 10.2 Å². The maximum absolute atomic E-state index is 10.00. The number of likely N-dealkylation sites (N-methyl/N-ethyl adjacent to an activating group) is 1. The molecule has 0 aliphatic carbocycles. The van der Waals surface area contributed by atoms with E-state index in [4.69, 9.17) is 4.74 Å². The molecule has 31 heavy (non-hydrogen) atoms. The van der Waals surface area contributed by atoms with E-state index < -0.39 is 0 Å². The lowest BCUT2D eigenvalue weighted by Crippen LogP contribution is -2.46. The second-order valence-electron chi connectivity index (χ2n) is 7.05. The number of carbonyl (C=O) groups excluding carboxylic acids is 1. The van der Waals surface area contributed by atoms with E-state index in [0.717, 1.165) is 38.4 Å². The zero-order valence-corrected chi connectivity index (χ0v) is 18.9. The summed E-state index contributed by atoms with van der Waals surface area (Å²) in [5, 5.41) is 26.5. The van der Waals surface area contributed by atoms with Gasteiger partial charge in [0, 0.05) is 38.7 Å². The average molecular weight is 436 g/mol. The molecule has 0 aromatic carbocycles. The molecule has 0 spiro atoms. The number of β-lactam (4-membered cyclic amide) rings is 1. The Morgan fingerprint density at radius 3 is 2.06 bits per heavy atom. The number of carbonyl (C=O) groups is 1. The monoisotopic (exact) mass is 435 g/mol. The molecule has 0 saturated carbocycles. The quantitative estimate of drug-likeness (QED) is 0.599. The number of H-pyrrole nitrogens is 1. The first-order chi connectivity index (χ1) is 14.9. The van der Waals surface area contributed by atoms with Crippen molar-refractivity contribution in [2.24, 2.45) is 15.4 Å². The van der Waals surface area contributed by atoms with Crippen LogP contribution in [0.2, 0.25) is 0 Å². The Hall–Kier alpha value is -2.99. The van der Waals surface area contributed by atoms with Crippen LogP contribution in [0.25, 0.3) is 0 Å². The van der Waals surface area contributed by atoms with Gasteiger partial charge in [0.05, 0.1) is 25.1 Å². The van der Waals surface area contributed by atoms with E-state index in [1.54, 1.807) is 13.1 Å². The van der Waals surface area contributed by atoms with E-state index in [1.807, 2.05) is 27.0 Å². The van der Waals surface area contributed by atoms with Gasteiger partial charge in [0.2, 0.25) is 18.2 Å². The molecular formula is C19H33N9O3. The second-order valence-corrected chi connectivity index (χ2v) is 7.05. The fourth-order valence-corrected chi connectivity index (χ4v) is 2.00. The normalized spacial score (nSPS) is 18.8. The molecule has 1 amide bonds. The molecule has 3 aliphatic rings. The third-order valence-corrected chi connectivity index (χ3v) is 3.82. The Balaban J connectivity index is 0.000000194. The molecule has 2 N–H and O–H groups in total. The zero-order chi connectivity index (χ0) is 22.9. The van der Waals surface area contributed by atoms with Crippen LogP contribution in [0, 0.1) is 13.8 Å². The summed E-state index contributed by atoms with van der Waals surface area (Å²) >= 11 is 0. The van der Waals surface area contributed by atoms with Crippen LogP contribution in [0.3, 0.4) is 0 Å². The SMILES string of the molecule is CC1=NN=NC1.CC1CC(=O)N1.CN1CCOCC1.Cc1cn[nH]c1.Cc1nnco1. The van der Waals surface area contributed by atoms with Crippen molar-refractivity contribution in [2.45, 2.75) is 40.2 Å². The van der Waals surface area contributed by atoms with E-state index in [9.17, 15) is 4.79 Å². The number of hydrogen-bond acceptors (Lipinski definition) is 10. The smallest absolute Gasteiger partial charge is 0.222 e. The average Bonchev–Trinajstić information content (AvgIpc) is 3.49. The highest BCUT2D eigenvalue weighted by Gasteiger charge is 2.18. The highest BCUT2D eigenvalue weighted by molar-refractivity contribution is 5.84. The number of aromatic nitrogens is 4. The summed E-state index contributed by atoms with van der Waals surface area (Å²) in [6, 6.07) is 0.442. The van der Waals surface area contributed by atoms with Gasteiger partial charge < -0.3 is 19.4 Å². The minimum atomic E-state index is 0.183. The maximum Gasteiger partial charge on any atom is 0.222 e. The molecule has 3 aliphatic heterocycles. The molecule has 2 fully saturated rings. The third-order valence-electron chi connectivity index (χ3n) is 3.82. The molecule has 5 rings (SSSR count). The number of amides is 1. The number of morpholine rings is 1. The van der Waals surface area contributed by atoms with Crippen LogP contribution in [0.1, 0.15) is 31.7 Å². The van der Waals surface area contributed by atoms with Gasteiger partial charge in [0.25, 0.3) is 0 Å². The molecular weight excluding hydrogens is 402 g/mol. The molecule has 12 heteroatoms. The largest absolute Gasteiger partial charge is 0.428 e. The van der Waals surface area contributed by atoms with Gasteiger partial charge >= 0.3 is 0 Å². The summed E-state index contributed by atoms with van der Waals surface area (Å²) in [4.78, 5) is 12.3. The number of hydrogen-bond donors (Lipinski definition) is 2. The zero-order valence-electron chi connectivity index (χ0n) is 18.9. The summed E-state index contributed by atoms with van der Waals surface area (Å²) in [5.74, 6) is 0.789. The fourth-order valence-electron chi connectivity index (χ4n) is 2.00. The van der Waals surface area contributed by atoms with Crippen LogP contribution in [-0.4, -0.2) is 82.9 Å². The van der Waals surface area contributed by atoms with Crippen molar-refractivity contribution >= 4 is 11.6 Å². The van der Waals surface area contributed by atoms with E-state index in [2.05, 4.69) is 57.5 Å². The number of rotatable bonds is 0. The first kappa shape index (κ1) is 26.0. The third kappa shape index (κ3) is 14.6. The van der Waals surface area contributed by atoms with Crippen molar-refractivity contribution in [1.82, 2.24) is 30.6 Å². The van der Waals surface area contributed by atoms with Crippen LogP contribution >= 0.6 is 0 Å². The van der Waals surface area contributed by atoms with Crippen molar-refractivity contribution in [1.29, 1.82) is 0 Å². The van der Waals surface area contributed by atoms with E-state index >= 15 is 0 Å². The number of aromatic amines is 1. The lowest BCUT2D eigenvalue weighted by Gasteiger charge is -2.21. The molecule has 5 heterocycles. The topological polar surface area (TPSA) is 146 Å². The number of nitrogens with one attached hydrogen (secondary N) is 2. The predicted octanol–water partition coefficient (Wildman–Crippen LogP) is 1.77. The van der Waals surface area contributed by atoms with Gasteiger partial charge in [-0.3, -0.25) is 9.89 Å². The Morgan fingerprint density at radius 1 is 1.19 bits per heavy atom. The molecule has 0 bridgehead atoms. The first-order valence-electron chi connectivity index (χ1n) is 10.0. The van der Waals surface area contributed by atoms with Crippen LogP contribution < -0.4 is 5.32 Å². The standard InChI is InChI=1S/C5H11NO.C4H6N2.C4H7NO.C3H5N3.C3H4N2O/c1-6-2-4-7-5-3-6;1-4-2-5-6-3-4;1-3-2-4(6)5-3;1-3-2-4-6-5-3;1-3-5-4-2-6-3/h2-5H2,1H3;2-3H,1H3,(H,5,6);3H,2H2,1H3,(H,5,6);2H2,1H3;2H,1H3. The lowest BCUT2D eigenvalue weighted by atomic mass is 10.1. The second kappa shape index (κ2) is 15.8. The number of aryl methyl sites for hydroxylation is 2. The predicted molar refractivity (Wildman–Crippen MR) is 116 cm³/mol. The summed E-state index contributed by atoms with van der Waals surface area (Å²) in [7, 11) is 2.11. The molecule has 2 saturated heterocycles. The summed E-state index contributed by atoms with van der Waals surface area (Å²) in [6.07, 6.45) is 5.65. The van der Waals surface area contributed by atoms with E-state index in [0.29, 0.717) is 18.5 Å². The Labute approximate surface area is 182 Å². The summed E-state index contributed by atoms with van der Waals surface area (Å²) in [6.45, 7) is 12.3. The minimum Gasteiger partial charge on any atom is -0.428 e. The molecule has 2 aromatic heterocycles. The van der Waals surface area contributed by atoms with Crippen molar-refractivity contribution in [3.05, 3.63) is 30.2 Å². The van der Waals surface area contributed by atoms with Gasteiger partial charge in [-0.1, -0.05) is 0 Å². The number of nitrogens with zero attached hydrogens (tertiary/aromatic N) is 7. The minimum absolute atomic E-state index is 0.183. The number of ether oxygens (including phenoxy) is 1. The highest BCUT2D eigenvalue weighted by Crippen LogP contribution is 1.99. The summed E-state index contributed by atoms with van der Waals surface area (Å²) in [5.41, 5.74) is 2.17. The van der Waals surface area contributed by atoms with Crippen LogP contribution in [0.5, 0.6) is 0 Å². The Kier molecular flexibility index (Phi) is 13.3. The van der Waals surface area contributed by atoms with Crippen molar-refractivity contribution in [2.75, 3.05) is 39.9 Å². The molecule has 12 nitrogen and oxygen atoms in total. The Bertz CT molecular complexity index is 714. The van der Waals surface area contributed by atoms with Gasteiger partial charge in [-0.25, -0.2) is 0 Å². The van der Waals surface area contributed by atoms with E-state index in [1.165, 1.54) is 12.0 Å². The van der Waals surface area contributed by atoms with Crippen molar-refractivity contribution in [3.63, 3.8) is 0 Å². The summed E-state index contributed by atoms with van der Waals surface area (Å²) < 4.78 is 9.71. The molecule has 172 valence electrons. The van der Waals surface area contributed by atoms with Crippen molar-refractivity contribution in [3.8, 4) is 0 Å². The van der Waals surface area contributed by atoms with Gasteiger partial charge in [-0.05, 0) is 38.6 Å². The van der Waals surface area contributed by atoms with E-state index in [-0.39, 0.29) is 5.91 Å². The van der Waals surface area contributed by atoms with Crippen molar-refractivity contribution < 1.29 is 13.9 Å². The molecule has 1 atom stereocenters. The molecule has 0 radical (unpaired) electrons. The molecule has 2 aromatic rings. The fraction of sp³-hybridized carbons (Fsp3) is 0.632. The highest BCUT2D eigenvalue weighted by atomic mass is 16.5. The van der Waals surface area contributed by atoms with Gasteiger partial charge in [0.1, 0.15) is 6.54 Å². The molecule has 1 unspecified atom stereocenters. The maximum atomic E-state index is 10.00. The van der Waals surface area contributed by atoms with Gasteiger partial charge in [-0.15, -0.1) is 15.3 Å². The van der Waals surface area contributed by atoms with Crippen LogP contribution in [0.15, 0.2) is 38.6 Å².